The molecule has 0 unspecified atom stereocenters. The zero-order valence-electron chi connectivity index (χ0n) is 6.69. The van der Waals surface area contributed by atoms with Gasteiger partial charge < -0.3 is 0 Å². The summed E-state index contributed by atoms with van der Waals surface area (Å²) in [6, 6.07) is 0. The standard InChI is InChI=1S/C8H6N2S3/c1-3-5-11-7-9-10-8(13-7)12-6-4-2/h1-2H,5-6H2. The van der Waals surface area contributed by atoms with Crippen LogP contribution in [0.1, 0.15) is 0 Å². The van der Waals surface area contributed by atoms with Gasteiger partial charge in [0.25, 0.3) is 0 Å². The van der Waals surface area contributed by atoms with Crippen molar-refractivity contribution in [1.82, 2.24) is 10.2 Å². The van der Waals surface area contributed by atoms with Crippen LogP contribution in [0.4, 0.5) is 0 Å². The highest BCUT2D eigenvalue weighted by Gasteiger charge is 2.03. The van der Waals surface area contributed by atoms with Gasteiger partial charge in [0.05, 0.1) is 11.5 Å². The summed E-state index contributed by atoms with van der Waals surface area (Å²) in [5.74, 6) is 6.33. The Morgan fingerprint density at radius 3 is 1.92 bits per heavy atom. The molecule has 1 aromatic heterocycles. The molecule has 0 spiro atoms. The van der Waals surface area contributed by atoms with Crippen molar-refractivity contribution >= 4 is 34.9 Å². The van der Waals surface area contributed by atoms with Gasteiger partial charge in [-0.3, -0.25) is 0 Å². The largest absolute Gasteiger partial charge is 0.176 e. The number of nitrogens with zero attached hydrogens (tertiary/aromatic N) is 2. The van der Waals surface area contributed by atoms with Gasteiger partial charge in [0, 0.05) is 0 Å². The van der Waals surface area contributed by atoms with Crippen LogP contribution in [0, 0.1) is 24.7 Å². The topological polar surface area (TPSA) is 25.8 Å². The quantitative estimate of drug-likeness (QED) is 0.579. The van der Waals surface area contributed by atoms with E-state index in [1.807, 2.05) is 0 Å². The van der Waals surface area contributed by atoms with Gasteiger partial charge in [-0.25, -0.2) is 0 Å². The van der Waals surface area contributed by atoms with E-state index in [1.54, 1.807) is 0 Å². The molecule has 0 N–H and O–H groups in total. The Balaban J connectivity index is 2.45. The fourth-order valence-corrected chi connectivity index (χ4v) is 2.90. The molecule has 0 fully saturated rings. The predicted molar refractivity (Wildman–Crippen MR) is 59.0 cm³/mol. The van der Waals surface area contributed by atoms with E-state index >= 15 is 0 Å². The molecule has 0 saturated carbocycles. The SMILES string of the molecule is C#CCSc1nnc(SCC#C)s1. The maximum Gasteiger partial charge on any atom is 0.176 e. The van der Waals surface area contributed by atoms with Gasteiger partial charge in [0.2, 0.25) is 0 Å². The van der Waals surface area contributed by atoms with Gasteiger partial charge in [-0.15, -0.1) is 23.0 Å². The van der Waals surface area contributed by atoms with Crippen molar-refractivity contribution in [3.8, 4) is 24.7 Å². The minimum atomic E-state index is 0.633. The van der Waals surface area contributed by atoms with Crippen LogP contribution in [0.25, 0.3) is 0 Å². The summed E-state index contributed by atoms with van der Waals surface area (Å²) in [5, 5.41) is 7.91. The first-order chi connectivity index (χ1) is 6.36. The maximum absolute atomic E-state index is 5.12. The monoisotopic (exact) mass is 226 g/mol. The van der Waals surface area contributed by atoms with E-state index in [-0.39, 0.29) is 0 Å². The molecule has 0 amide bonds. The van der Waals surface area contributed by atoms with E-state index in [0.717, 1.165) is 8.68 Å². The molecule has 0 aliphatic heterocycles. The third kappa shape index (κ3) is 3.73. The van der Waals surface area contributed by atoms with Crippen LogP contribution in [0.5, 0.6) is 0 Å². The lowest BCUT2D eigenvalue weighted by molar-refractivity contribution is 0.956. The Labute approximate surface area is 89.9 Å². The van der Waals surface area contributed by atoms with Crippen molar-refractivity contribution in [2.24, 2.45) is 0 Å². The van der Waals surface area contributed by atoms with Crippen LogP contribution in [-0.4, -0.2) is 21.7 Å². The molecule has 2 nitrogen and oxygen atoms in total. The molecule has 0 aromatic carbocycles. The van der Waals surface area contributed by atoms with E-state index in [1.165, 1.54) is 34.9 Å². The fourth-order valence-electron chi connectivity index (χ4n) is 0.521. The average molecular weight is 226 g/mol. The van der Waals surface area contributed by atoms with Gasteiger partial charge in [-0.1, -0.05) is 46.7 Å². The third-order valence-corrected chi connectivity index (χ3v) is 3.94. The zero-order chi connectivity index (χ0) is 9.52. The van der Waals surface area contributed by atoms with E-state index in [4.69, 9.17) is 12.8 Å². The number of terminal acetylenes is 2. The Hall–Kier alpha value is -0.620. The van der Waals surface area contributed by atoms with Crippen molar-refractivity contribution in [2.75, 3.05) is 11.5 Å². The van der Waals surface area contributed by atoms with Crippen molar-refractivity contribution in [3.63, 3.8) is 0 Å². The van der Waals surface area contributed by atoms with Gasteiger partial charge >= 0.3 is 0 Å². The maximum atomic E-state index is 5.12. The van der Waals surface area contributed by atoms with Gasteiger partial charge in [0.15, 0.2) is 8.68 Å². The minimum absolute atomic E-state index is 0.633. The first-order valence-electron chi connectivity index (χ1n) is 3.33. The summed E-state index contributed by atoms with van der Waals surface area (Å²) >= 11 is 4.56. The molecule has 5 heteroatoms. The second kappa shape index (κ2) is 5.93. The highest BCUT2D eigenvalue weighted by Crippen LogP contribution is 2.27. The van der Waals surface area contributed by atoms with Crippen LogP contribution in [0.15, 0.2) is 8.68 Å². The molecule has 0 bridgehead atoms. The second-order valence-corrected chi connectivity index (χ2v) is 5.24. The smallest absolute Gasteiger partial charge is 0.131 e. The minimum Gasteiger partial charge on any atom is -0.131 e. The average Bonchev–Trinajstić information content (AvgIpc) is 2.59. The lowest BCUT2D eigenvalue weighted by Gasteiger charge is -1.85. The van der Waals surface area contributed by atoms with E-state index < -0.39 is 0 Å². The van der Waals surface area contributed by atoms with Crippen molar-refractivity contribution in [2.45, 2.75) is 8.68 Å². The Morgan fingerprint density at radius 1 is 1.08 bits per heavy atom. The summed E-state index contributed by atoms with van der Waals surface area (Å²) in [7, 11) is 0. The van der Waals surface area contributed by atoms with Crippen LogP contribution in [-0.2, 0) is 0 Å². The first-order valence-corrected chi connectivity index (χ1v) is 6.11. The lowest BCUT2D eigenvalue weighted by Crippen LogP contribution is -1.73. The van der Waals surface area contributed by atoms with Crippen molar-refractivity contribution < 1.29 is 0 Å². The van der Waals surface area contributed by atoms with E-state index in [9.17, 15) is 0 Å². The Morgan fingerprint density at radius 2 is 1.54 bits per heavy atom. The molecule has 0 aliphatic rings. The van der Waals surface area contributed by atoms with Crippen LogP contribution >= 0.6 is 34.9 Å². The molecule has 1 heterocycles. The predicted octanol–water partition coefficient (Wildman–Crippen LogP) is 1.99. The molecular weight excluding hydrogens is 220 g/mol. The van der Waals surface area contributed by atoms with Crippen LogP contribution in [0.2, 0.25) is 0 Å². The summed E-state index contributed by atoms with van der Waals surface area (Å²) in [6.07, 6.45) is 10.2. The molecule has 0 aliphatic carbocycles. The molecule has 13 heavy (non-hydrogen) atoms. The highest BCUT2D eigenvalue weighted by molar-refractivity contribution is 8.03. The number of thioether (sulfide) groups is 2. The molecule has 0 atom stereocenters. The molecule has 1 aromatic rings. The molecule has 66 valence electrons. The lowest BCUT2D eigenvalue weighted by atomic mass is 10.8. The number of rotatable bonds is 4. The fraction of sp³-hybridized carbons (Fsp3) is 0.250. The van der Waals surface area contributed by atoms with E-state index in [2.05, 4.69) is 22.0 Å². The highest BCUT2D eigenvalue weighted by atomic mass is 32.2. The zero-order valence-corrected chi connectivity index (χ0v) is 9.14. The molecule has 1 rings (SSSR count). The van der Waals surface area contributed by atoms with E-state index in [0.29, 0.717) is 11.5 Å². The van der Waals surface area contributed by atoms with Gasteiger partial charge in [-0.2, -0.15) is 0 Å². The Bertz CT molecular complexity index is 313. The summed E-state index contributed by atoms with van der Waals surface area (Å²) in [4.78, 5) is 0. The number of aromatic nitrogens is 2. The van der Waals surface area contributed by atoms with Crippen LogP contribution < -0.4 is 0 Å². The number of hydrogen-bond acceptors (Lipinski definition) is 5. The summed E-state index contributed by atoms with van der Waals surface area (Å²) in [6.45, 7) is 0. The normalized spacial score (nSPS) is 9.08. The van der Waals surface area contributed by atoms with Gasteiger partial charge in [-0.05, 0) is 0 Å². The molecule has 0 radical (unpaired) electrons. The summed E-state index contributed by atoms with van der Waals surface area (Å²) < 4.78 is 1.80. The second-order valence-electron chi connectivity index (χ2n) is 1.82. The van der Waals surface area contributed by atoms with Crippen molar-refractivity contribution in [3.05, 3.63) is 0 Å². The molecular formula is C8H6N2S3. The molecule has 0 saturated heterocycles. The summed E-state index contributed by atoms with van der Waals surface area (Å²) in [5.41, 5.74) is 0. The first kappa shape index (κ1) is 10.5. The number of hydrogen-bond donors (Lipinski definition) is 0. The van der Waals surface area contributed by atoms with Crippen LogP contribution in [0.3, 0.4) is 0 Å². The van der Waals surface area contributed by atoms with Crippen molar-refractivity contribution in [1.29, 1.82) is 0 Å². The third-order valence-electron chi connectivity index (χ3n) is 0.946. The van der Waals surface area contributed by atoms with Gasteiger partial charge in [0.1, 0.15) is 0 Å². The Kier molecular flexibility index (Phi) is 4.77.